The number of aryl methyl sites for hydroxylation is 1. The first kappa shape index (κ1) is 25.0. The van der Waals surface area contributed by atoms with Crippen LogP contribution in [0.1, 0.15) is 18.1 Å². The van der Waals surface area contributed by atoms with Gasteiger partial charge in [0.2, 0.25) is 5.91 Å². The van der Waals surface area contributed by atoms with Crippen molar-refractivity contribution in [3.63, 3.8) is 0 Å². The molecule has 3 aromatic rings. The van der Waals surface area contributed by atoms with E-state index in [9.17, 15) is 27.2 Å². The van der Waals surface area contributed by atoms with Crippen LogP contribution in [0.3, 0.4) is 0 Å². The van der Waals surface area contributed by atoms with Crippen LogP contribution in [0.15, 0.2) is 53.7 Å². The Morgan fingerprint density at radius 2 is 2.00 bits per heavy atom. The highest BCUT2D eigenvalue weighted by Gasteiger charge is 2.60. The SMILES string of the molecule is C[C@@H]1COc2ccc(F)cc2CN1C(=O)CN1C(=O)N[C@]2(CS(=O)(=O)c3cc(-c4cnn(C)c4)ccc32)C1=O. The molecule has 39 heavy (non-hydrogen) atoms. The van der Waals surface area contributed by atoms with Crippen LogP contribution in [0, 0.1) is 5.82 Å². The van der Waals surface area contributed by atoms with Crippen molar-refractivity contribution < 1.29 is 31.9 Å². The van der Waals surface area contributed by atoms with Crippen molar-refractivity contribution in [2.24, 2.45) is 7.05 Å². The Kier molecular flexibility index (Phi) is 5.54. The zero-order valence-corrected chi connectivity index (χ0v) is 21.9. The first-order valence-electron chi connectivity index (χ1n) is 12.2. The summed E-state index contributed by atoms with van der Waals surface area (Å²) in [5.41, 5.74) is 0.0798. The van der Waals surface area contributed by atoms with Crippen molar-refractivity contribution >= 4 is 27.7 Å². The Labute approximate surface area is 223 Å². The number of hydrogen-bond donors (Lipinski definition) is 1. The number of nitrogens with zero attached hydrogens (tertiary/aromatic N) is 4. The molecule has 0 saturated carbocycles. The van der Waals surface area contributed by atoms with Gasteiger partial charge in [0, 0.05) is 36.5 Å². The lowest BCUT2D eigenvalue weighted by molar-refractivity contribution is -0.140. The standard InChI is InChI=1S/C26H24FN5O6S/c1-15-13-38-21-6-4-19(27)7-17(21)11-31(15)23(33)12-32-24(34)26(29-25(32)35)14-39(36,37)22-8-16(3-5-20(22)26)18-9-28-30(2)10-18/h3-10,15H,11-14H2,1-2H3,(H,29,35)/t15-,26+/m1/s1. The van der Waals surface area contributed by atoms with Crippen LogP contribution in [0.4, 0.5) is 9.18 Å². The number of benzene rings is 2. The van der Waals surface area contributed by atoms with Crippen LogP contribution >= 0.6 is 0 Å². The van der Waals surface area contributed by atoms with E-state index in [-0.39, 0.29) is 23.6 Å². The number of amides is 4. The van der Waals surface area contributed by atoms with Crippen molar-refractivity contribution in [2.75, 3.05) is 18.9 Å². The van der Waals surface area contributed by atoms with Gasteiger partial charge < -0.3 is 15.0 Å². The molecule has 2 atom stereocenters. The molecular formula is C26H24FN5O6S. The zero-order chi connectivity index (χ0) is 27.7. The summed E-state index contributed by atoms with van der Waals surface area (Å²) < 4.78 is 47.5. The number of urea groups is 1. The van der Waals surface area contributed by atoms with Gasteiger partial charge in [0.25, 0.3) is 5.91 Å². The lowest BCUT2D eigenvalue weighted by Crippen LogP contribution is -2.48. The molecule has 2 aromatic carbocycles. The Morgan fingerprint density at radius 3 is 2.74 bits per heavy atom. The maximum atomic E-state index is 13.8. The van der Waals surface area contributed by atoms with Gasteiger partial charge in [-0.1, -0.05) is 12.1 Å². The quantitative estimate of drug-likeness (QED) is 0.487. The second-order valence-corrected chi connectivity index (χ2v) is 12.0. The molecule has 1 saturated heterocycles. The predicted octanol–water partition coefficient (Wildman–Crippen LogP) is 1.57. The fourth-order valence-electron chi connectivity index (χ4n) is 5.38. The number of sulfone groups is 1. The van der Waals surface area contributed by atoms with E-state index in [2.05, 4.69) is 10.4 Å². The van der Waals surface area contributed by atoms with E-state index in [0.717, 1.165) is 4.90 Å². The number of ether oxygens (including phenoxy) is 1. The summed E-state index contributed by atoms with van der Waals surface area (Å²) in [6, 6.07) is 7.40. The molecule has 0 aliphatic carbocycles. The van der Waals surface area contributed by atoms with Gasteiger partial charge in [0.15, 0.2) is 15.4 Å². The topological polar surface area (TPSA) is 131 Å². The second-order valence-electron chi connectivity index (χ2n) is 10.0. The van der Waals surface area contributed by atoms with Crippen LogP contribution in [0.2, 0.25) is 0 Å². The van der Waals surface area contributed by atoms with E-state index in [4.69, 9.17) is 4.74 Å². The minimum absolute atomic E-state index is 0.0240. The molecule has 0 unspecified atom stereocenters. The molecule has 202 valence electrons. The molecule has 4 amide bonds. The van der Waals surface area contributed by atoms with Crippen molar-refractivity contribution in [2.45, 2.75) is 29.9 Å². The van der Waals surface area contributed by atoms with E-state index < -0.39 is 57.4 Å². The largest absolute Gasteiger partial charge is 0.491 e. The maximum absolute atomic E-state index is 13.8. The minimum atomic E-state index is -3.94. The van der Waals surface area contributed by atoms with Crippen LogP contribution in [0.5, 0.6) is 5.75 Å². The molecule has 3 aliphatic heterocycles. The van der Waals surface area contributed by atoms with Gasteiger partial charge in [-0.3, -0.25) is 19.2 Å². The van der Waals surface area contributed by atoms with Crippen molar-refractivity contribution in [1.82, 2.24) is 24.9 Å². The number of aromatic nitrogens is 2. The number of fused-ring (bicyclic) bond motifs is 3. The molecule has 4 heterocycles. The summed E-state index contributed by atoms with van der Waals surface area (Å²) >= 11 is 0. The average Bonchev–Trinajstić information content (AvgIpc) is 3.45. The van der Waals surface area contributed by atoms with Gasteiger partial charge in [-0.25, -0.2) is 17.6 Å². The number of halogens is 1. The van der Waals surface area contributed by atoms with Crippen molar-refractivity contribution in [1.29, 1.82) is 0 Å². The molecular weight excluding hydrogens is 529 g/mol. The van der Waals surface area contributed by atoms with Crippen LogP contribution in [-0.2, 0) is 38.6 Å². The highest BCUT2D eigenvalue weighted by atomic mass is 32.2. The first-order valence-corrected chi connectivity index (χ1v) is 13.8. The third-order valence-electron chi connectivity index (χ3n) is 7.39. The van der Waals surface area contributed by atoms with Crippen molar-refractivity contribution in [3.05, 3.63) is 65.7 Å². The Morgan fingerprint density at radius 1 is 1.21 bits per heavy atom. The van der Waals surface area contributed by atoms with Gasteiger partial charge in [-0.2, -0.15) is 5.10 Å². The van der Waals surface area contributed by atoms with E-state index in [1.165, 1.54) is 35.2 Å². The number of imide groups is 1. The molecule has 0 bridgehead atoms. The van der Waals surface area contributed by atoms with E-state index in [1.807, 2.05) is 0 Å². The van der Waals surface area contributed by atoms with Gasteiger partial charge in [-0.15, -0.1) is 0 Å². The second kappa shape index (κ2) is 8.63. The first-order chi connectivity index (χ1) is 18.5. The fourth-order valence-corrected chi connectivity index (χ4v) is 7.35. The molecule has 1 fully saturated rings. The van der Waals surface area contributed by atoms with Gasteiger partial charge in [-0.05, 0) is 36.8 Å². The molecule has 1 aromatic heterocycles. The zero-order valence-electron chi connectivity index (χ0n) is 21.0. The van der Waals surface area contributed by atoms with E-state index in [1.54, 1.807) is 37.1 Å². The molecule has 1 N–H and O–H groups in total. The van der Waals surface area contributed by atoms with E-state index in [0.29, 0.717) is 22.4 Å². The maximum Gasteiger partial charge on any atom is 0.325 e. The molecule has 6 rings (SSSR count). The Balaban J connectivity index is 1.29. The summed E-state index contributed by atoms with van der Waals surface area (Å²) in [5, 5.41) is 6.66. The molecule has 3 aliphatic rings. The predicted molar refractivity (Wildman–Crippen MR) is 135 cm³/mol. The van der Waals surface area contributed by atoms with Gasteiger partial charge in [0.1, 0.15) is 24.7 Å². The Bertz CT molecular complexity index is 1670. The highest BCUT2D eigenvalue weighted by molar-refractivity contribution is 7.92. The molecule has 1 spiro atoms. The lowest BCUT2D eigenvalue weighted by Gasteiger charge is -2.28. The summed E-state index contributed by atoms with van der Waals surface area (Å²) in [4.78, 5) is 42.2. The lowest BCUT2D eigenvalue weighted by atomic mass is 9.91. The van der Waals surface area contributed by atoms with Gasteiger partial charge >= 0.3 is 6.03 Å². The number of carbonyl (C=O) groups is 3. The number of nitrogens with one attached hydrogen (secondary N) is 1. The number of carbonyl (C=O) groups excluding carboxylic acids is 3. The number of rotatable bonds is 3. The van der Waals surface area contributed by atoms with Gasteiger partial charge in [0.05, 0.1) is 22.9 Å². The van der Waals surface area contributed by atoms with E-state index >= 15 is 0 Å². The summed E-state index contributed by atoms with van der Waals surface area (Å²) in [6.07, 6.45) is 3.33. The molecule has 13 heteroatoms. The normalized spacial score (nSPS) is 23.3. The fraction of sp³-hybridized carbons (Fsp3) is 0.308. The highest BCUT2D eigenvalue weighted by Crippen LogP contribution is 2.43. The smallest absolute Gasteiger partial charge is 0.325 e. The average molecular weight is 554 g/mol. The summed E-state index contributed by atoms with van der Waals surface area (Å²) in [6.45, 7) is 1.30. The summed E-state index contributed by atoms with van der Waals surface area (Å²) in [7, 11) is -2.20. The molecule has 11 nitrogen and oxygen atoms in total. The van der Waals surface area contributed by atoms with Crippen LogP contribution in [-0.4, -0.2) is 70.8 Å². The Hall–Kier alpha value is -4.26. The third-order valence-corrected chi connectivity index (χ3v) is 9.21. The monoisotopic (exact) mass is 553 g/mol. The number of hydrogen-bond acceptors (Lipinski definition) is 7. The minimum Gasteiger partial charge on any atom is -0.491 e. The van der Waals surface area contributed by atoms with Crippen molar-refractivity contribution in [3.8, 4) is 16.9 Å². The van der Waals surface area contributed by atoms with Crippen LogP contribution < -0.4 is 10.1 Å². The summed E-state index contributed by atoms with van der Waals surface area (Å²) in [5.74, 6) is -2.06. The molecule has 0 radical (unpaired) electrons. The third kappa shape index (κ3) is 3.95. The van der Waals surface area contributed by atoms with Crippen LogP contribution in [0.25, 0.3) is 11.1 Å².